The quantitative estimate of drug-likeness (QED) is 0.642. The normalized spacial score (nSPS) is 18.7. The Morgan fingerprint density at radius 1 is 1.22 bits per heavy atom. The van der Waals surface area contributed by atoms with Crippen LogP contribution in [0.25, 0.3) is 0 Å². The number of nitrogens with one attached hydrogen (secondary N) is 2. The van der Waals surface area contributed by atoms with Crippen LogP contribution in [0.15, 0.2) is 24.3 Å². The van der Waals surface area contributed by atoms with Crippen molar-refractivity contribution in [1.29, 1.82) is 0 Å². The van der Waals surface area contributed by atoms with Crippen LogP contribution in [-0.4, -0.2) is 60.6 Å². The number of anilines is 1. The number of methoxy groups -OCH3 is 1. The molecule has 1 unspecified atom stereocenters. The molecule has 0 spiro atoms. The van der Waals surface area contributed by atoms with E-state index in [2.05, 4.69) is 15.4 Å². The molecule has 0 radical (unpaired) electrons. The zero-order valence-corrected chi connectivity index (χ0v) is 15.3. The van der Waals surface area contributed by atoms with E-state index in [0.717, 1.165) is 0 Å². The van der Waals surface area contributed by atoms with Gasteiger partial charge in [0.05, 0.1) is 18.9 Å². The van der Waals surface area contributed by atoms with Gasteiger partial charge in [0.15, 0.2) is 0 Å². The fourth-order valence-electron chi connectivity index (χ4n) is 2.70. The van der Waals surface area contributed by atoms with Gasteiger partial charge in [-0.1, -0.05) is 0 Å². The number of carboxylic acid groups (broad SMARTS) is 1. The van der Waals surface area contributed by atoms with Gasteiger partial charge in [-0.3, -0.25) is 14.4 Å². The molecule has 1 fully saturated rings. The number of hydrogen-bond donors (Lipinski definition) is 3. The lowest BCUT2D eigenvalue weighted by molar-refractivity contribution is -0.147. The largest absolute Gasteiger partial charge is 0.481 e. The van der Waals surface area contributed by atoms with Gasteiger partial charge < -0.3 is 25.4 Å². The SMILES string of the molecule is COC(=O)CCNC(=O)c1ccc(NC(=O)N2CCC(C)(C(=O)O)C2)cc1. The number of amides is 3. The first kappa shape index (κ1) is 20.2. The summed E-state index contributed by atoms with van der Waals surface area (Å²) in [6.07, 6.45) is 0.488. The third kappa shape index (κ3) is 5.19. The van der Waals surface area contributed by atoms with E-state index in [9.17, 15) is 24.3 Å². The smallest absolute Gasteiger partial charge is 0.321 e. The fraction of sp³-hybridized carbons (Fsp3) is 0.444. The number of urea groups is 1. The lowest BCUT2D eigenvalue weighted by Gasteiger charge is -2.20. The second-order valence-electron chi connectivity index (χ2n) is 6.63. The van der Waals surface area contributed by atoms with Crippen LogP contribution in [0.3, 0.4) is 0 Å². The van der Waals surface area contributed by atoms with Gasteiger partial charge >= 0.3 is 18.0 Å². The molecule has 3 N–H and O–H groups in total. The van der Waals surface area contributed by atoms with Gasteiger partial charge in [-0.05, 0) is 37.6 Å². The molecule has 27 heavy (non-hydrogen) atoms. The van der Waals surface area contributed by atoms with E-state index in [1.807, 2.05) is 0 Å². The molecular weight excluding hydrogens is 354 g/mol. The van der Waals surface area contributed by atoms with Crippen LogP contribution in [0, 0.1) is 5.41 Å². The van der Waals surface area contributed by atoms with Crippen LogP contribution in [0.5, 0.6) is 0 Å². The molecular formula is C18H23N3O6. The number of rotatable bonds is 6. The maximum absolute atomic E-state index is 12.3. The predicted octanol–water partition coefficient (Wildman–Crippen LogP) is 1.31. The highest BCUT2D eigenvalue weighted by atomic mass is 16.5. The summed E-state index contributed by atoms with van der Waals surface area (Å²) in [5.74, 6) is -1.66. The van der Waals surface area contributed by atoms with Crippen molar-refractivity contribution < 1.29 is 29.0 Å². The molecule has 0 bridgehead atoms. The second kappa shape index (κ2) is 8.52. The van der Waals surface area contributed by atoms with Gasteiger partial charge in [0.25, 0.3) is 5.91 Å². The molecule has 9 nitrogen and oxygen atoms in total. The van der Waals surface area contributed by atoms with Crippen molar-refractivity contribution in [3.63, 3.8) is 0 Å². The van der Waals surface area contributed by atoms with Gasteiger partial charge in [0.1, 0.15) is 0 Å². The van der Waals surface area contributed by atoms with E-state index >= 15 is 0 Å². The van der Waals surface area contributed by atoms with E-state index in [-0.39, 0.29) is 31.4 Å². The minimum atomic E-state index is -0.927. The number of benzene rings is 1. The average molecular weight is 377 g/mol. The Morgan fingerprint density at radius 2 is 1.89 bits per heavy atom. The topological polar surface area (TPSA) is 125 Å². The molecule has 146 valence electrons. The Balaban J connectivity index is 1.86. The van der Waals surface area contributed by atoms with E-state index in [0.29, 0.717) is 24.2 Å². The van der Waals surface area contributed by atoms with Crippen molar-refractivity contribution in [3.05, 3.63) is 29.8 Å². The van der Waals surface area contributed by atoms with Crippen molar-refractivity contribution in [2.45, 2.75) is 19.8 Å². The number of nitrogens with zero attached hydrogens (tertiary/aromatic N) is 1. The molecule has 1 atom stereocenters. The van der Waals surface area contributed by atoms with Crippen molar-refractivity contribution >= 4 is 29.6 Å². The Hall–Kier alpha value is -3.10. The van der Waals surface area contributed by atoms with Crippen LogP contribution < -0.4 is 10.6 Å². The maximum atomic E-state index is 12.3. The van der Waals surface area contributed by atoms with E-state index < -0.39 is 17.4 Å². The number of likely N-dealkylation sites (tertiary alicyclic amines) is 1. The summed E-state index contributed by atoms with van der Waals surface area (Å²) in [6, 6.07) is 5.89. The Kier molecular flexibility index (Phi) is 6.38. The minimum Gasteiger partial charge on any atom is -0.481 e. The van der Waals surface area contributed by atoms with Crippen LogP contribution in [-0.2, 0) is 14.3 Å². The molecule has 2 rings (SSSR count). The monoisotopic (exact) mass is 377 g/mol. The summed E-state index contributed by atoms with van der Waals surface area (Å²) in [4.78, 5) is 48.0. The number of ether oxygens (including phenoxy) is 1. The van der Waals surface area contributed by atoms with Gasteiger partial charge in [-0.15, -0.1) is 0 Å². The predicted molar refractivity (Wildman–Crippen MR) is 96.4 cm³/mol. The van der Waals surface area contributed by atoms with Crippen molar-refractivity contribution in [3.8, 4) is 0 Å². The molecule has 0 aromatic heterocycles. The highest BCUT2D eigenvalue weighted by molar-refractivity contribution is 5.95. The molecule has 1 aromatic rings. The second-order valence-corrected chi connectivity index (χ2v) is 6.63. The zero-order chi connectivity index (χ0) is 20.0. The molecule has 3 amide bonds. The Bertz CT molecular complexity index is 733. The molecule has 1 saturated heterocycles. The van der Waals surface area contributed by atoms with E-state index in [4.69, 9.17) is 0 Å². The number of hydrogen-bond acceptors (Lipinski definition) is 5. The molecule has 1 aliphatic heterocycles. The number of esters is 1. The summed E-state index contributed by atoms with van der Waals surface area (Å²) >= 11 is 0. The molecule has 0 saturated carbocycles. The number of aliphatic carboxylic acids is 1. The summed E-state index contributed by atoms with van der Waals surface area (Å²) in [6.45, 7) is 2.31. The standard InChI is InChI=1S/C18H23N3O6/c1-18(16(24)25)8-10-21(11-18)17(26)20-13-5-3-12(4-6-13)15(23)19-9-7-14(22)27-2/h3-6H,7-11H2,1-2H3,(H,19,23)(H,20,26)(H,24,25). The van der Waals surface area contributed by atoms with Crippen molar-refractivity contribution in [2.75, 3.05) is 32.1 Å². The Morgan fingerprint density at radius 3 is 2.44 bits per heavy atom. The first-order chi connectivity index (χ1) is 12.7. The molecule has 1 aromatic carbocycles. The highest BCUT2D eigenvalue weighted by Crippen LogP contribution is 2.30. The number of carboxylic acids is 1. The highest BCUT2D eigenvalue weighted by Gasteiger charge is 2.42. The Labute approximate surface area is 156 Å². The zero-order valence-electron chi connectivity index (χ0n) is 15.3. The summed E-state index contributed by atoms with van der Waals surface area (Å²) in [5.41, 5.74) is -0.0451. The molecule has 0 aliphatic carbocycles. The first-order valence-corrected chi connectivity index (χ1v) is 8.49. The van der Waals surface area contributed by atoms with Crippen LogP contribution in [0.4, 0.5) is 10.5 Å². The maximum Gasteiger partial charge on any atom is 0.321 e. The van der Waals surface area contributed by atoms with E-state index in [1.54, 1.807) is 31.2 Å². The number of carbonyl (C=O) groups excluding carboxylic acids is 3. The first-order valence-electron chi connectivity index (χ1n) is 8.49. The summed E-state index contributed by atoms with van der Waals surface area (Å²) in [7, 11) is 1.28. The third-order valence-corrected chi connectivity index (χ3v) is 4.52. The summed E-state index contributed by atoms with van der Waals surface area (Å²) < 4.78 is 4.49. The molecule has 9 heteroatoms. The lowest BCUT2D eigenvalue weighted by Crippen LogP contribution is -2.37. The molecule has 1 aliphatic rings. The fourth-order valence-corrected chi connectivity index (χ4v) is 2.70. The van der Waals surface area contributed by atoms with Gasteiger partial charge in [-0.25, -0.2) is 4.79 Å². The average Bonchev–Trinajstić information content (AvgIpc) is 3.06. The lowest BCUT2D eigenvalue weighted by atomic mass is 9.90. The summed E-state index contributed by atoms with van der Waals surface area (Å²) in [5, 5.41) is 14.5. The minimum absolute atomic E-state index is 0.0848. The van der Waals surface area contributed by atoms with Crippen molar-refractivity contribution in [1.82, 2.24) is 10.2 Å². The van der Waals surface area contributed by atoms with Crippen LogP contribution in [0.2, 0.25) is 0 Å². The molecule has 1 heterocycles. The van der Waals surface area contributed by atoms with Gasteiger partial charge in [-0.2, -0.15) is 0 Å². The van der Waals surface area contributed by atoms with Gasteiger partial charge in [0, 0.05) is 30.9 Å². The third-order valence-electron chi connectivity index (χ3n) is 4.52. The van der Waals surface area contributed by atoms with E-state index in [1.165, 1.54) is 12.0 Å². The number of carbonyl (C=O) groups is 4. The van der Waals surface area contributed by atoms with Crippen molar-refractivity contribution in [2.24, 2.45) is 5.41 Å². The van der Waals surface area contributed by atoms with Crippen LogP contribution >= 0.6 is 0 Å². The van der Waals surface area contributed by atoms with Crippen LogP contribution in [0.1, 0.15) is 30.1 Å². The van der Waals surface area contributed by atoms with Gasteiger partial charge in [0.2, 0.25) is 0 Å².